The van der Waals surface area contributed by atoms with Crippen LogP contribution in [0.3, 0.4) is 0 Å². The van der Waals surface area contributed by atoms with Crippen molar-refractivity contribution >= 4 is 27.5 Å². The Hall–Kier alpha value is -3.85. The standard InChI is InChI=1S/C28H33N3O5S/c1-22(28(33)29-2)30(19-18-23-10-6-4-7-11-23)27(32)20-31(37(3,34)35)25-14-16-26(17-15-25)36-21-24-12-8-5-9-13-24/h4-17,22H,18-21H2,1-3H3,(H,29,33)/t22-/m0/s1. The lowest BCUT2D eigenvalue weighted by Gasteiger charge is -2.31. The van der Waals surface area contributed by atoms with Gasteiger partial charge in [0, 0.05) is 13.6 Å². The highest BCUT2D eigenvalue weighted by Gasteiger charge is 2.29. The molecular weight excluding hydrogens is 490 g/mol. The normalized spacial score (nSPS) is 11.9. The molecule has 1 atom stereocenters. The summed E-state index contributed by atoms with van der Waals surface area (Å²) in [4.78, 5) is 27.2. The lowest BCUT2D eigenvalue weighted by atomic mass is 10.1. The summed E-state index contributed by atoms with van der Waals surface area (Å²) >= 11 is 0. The number of anilines is 1. The van der Waals surface area contributed by atoms with E-state index in [2.05, 4.69) is 5.32 Å². The average Bonchev–Trinajstić information content (AvgIpc) is 2.91. The van der Waals surface area contributed by atoms with Crippen LogP contribution in [0.1, 0.15) is 18.1 Å². The SMILES string of the molecule is CNC(=O)[C@H](C)N(CCc1ccccc1)C(=O)CN(c1ccc(OCc2ccccc2)cc1)S(C)(=O)=O. The quantitative estimate of drug-likeness (QED) is 0.393. The van der Waals surface area contributed by atoms with Crippen LogP contribution in [0.4, 0.5) is 5.69 Å². The first-order chi connectivity index (χ1) is 17.7. The lowest BCUT2D eigenvalue weighted by Crippen LogP contribution is -2.51. The molecule has 3 rings (SSSR count). The molecular formula is C28H33N3O5S. The number of amides is 2. The summed E-state index contributed by atoms with van der Waals surface area (Å²) in [6.45, 7) is 1.84. The van der Waals surface area contributed by atoms with E-state index in [9.17, 15) is 18.0 Å². The van der Waals surface area contributed by atoms with Gasteiger partial charge in [0.15, 0.2) is 0 Å². The number of likely N-dealkylation sites (N-methyl/N-ethyl adjacent to an activating group) is 1. The van der Waals surface area contributed by atoms with Crippen LogP contribution in [-0.2, 0) is 32.6 Å². The summed E-state index contributed by atoms with van der Waals surface area (Å²) in [5.74, 6) is -0.223. The minimum atomic E-state index is -3.79. The second-order valence-electron chi connectivity index (χ2n) is 8.65. The number of hydrogen-bond acceptors (Lipinski definition) is 5. The fraction of sp³-hybridized carbons (Fsp3) is 0.286. The maximum Gasteiger partial charge on any atom is 0.244 e. The van der Waals surface area contributed by atoms with Crippen molar-refractivity contribution in [2.75, 3.05) is 30.7 Å². The smallest absolute Gasteiger partial charge is 0.244 e. The highest BCUT2D eigenvalue weighted by molar-refractivity contribution is 7.92. The largest absolute Gasteiger partial charge is 0.489 e. The molecule has 0 heterocycles. The third-order valence-corrected chi connectivity index (χ3v) is 7.09. The van der Waals surface area contributed by atoms with Crippen LogP contribution in [0.25, 0.3) is 0 Å². The first kappa shape index (κ1) is 27.7. The Bertz CT molecular complexity index is 1270. The molecule has 0 aliphatic heterocycles. The summed E-state index contributed by atoms with van der Waals surface area (Å²) in [5, 5.41) is 2.56. The molecule has 2 amide bonds. The average molecular weight is 524 g/mol. The Morgan fingerprint density at radius 1 is 0.892 bits per heavy atom. The first-order valence-electron chi connectivity index (χ1n) is 12.0. The molecule has 9 heteroatoms. The third kappa shape index (κ3) is 8.08. The number of carbonyl (C=O) groups excluding carboxylic acids is 2. The molecule has 0 bridgehead atoms. The monoisotopic (exact) mass is 523 g/mol. The van der Waals surface area contributed by atoms with E-state index in [0.717, 1.165) is 21.7 Å². The molecule has 0 spiro atoms. The van der Waals surface area contributed by atoms with Gasteiger partial charge in [-0.05, 0) is 48.7 Å². The number of carbonyl (C=O) groups is 2. The second-order valence-corrected chi connectivity index (χ2v) is 10.6. The molecule has 0 aliphatic rings. The van der Waals surface area contributed by atoms with Gasteiger partial charge in [-0.1, -0.05) is 60.7 Å². The number of rotatable bonds is 12. The van der Waals surface area contributed by atoms with Gasteiger partial charge in [-0.2, -0.15) is 0 Å². The van der Waals surface area contributed by atoms with E-state index >= 15 is 0 Å². The number of benzene rings is 3. The lowest BCUT2D eigenvalue weighted by molar-refractivity contribution is -0.138. The van der Waals surface area contributed by atoms with Gasteiger partial charge in [-0.3, -0.25) is 13.9 Å². The van der Waals surface area contributed by atoms with Gasteiger partial charge in [0.2, 0.25) is 21.8 Å². The van der Waals surface area contributed by atoms with E-state index < -0.39 is 28.5 Å². The predicted molar refractivity (Wildman–Crippen MR) is 145 cm³/mol. The van der Waals surface area contributed by atoms with Crippen molar-refractivity contribution in [2.45, 2.75) is 26.0 Å². The molecule has 37 heavy (non-hydrogen) atoms. The molecule has 8 nitrogen and oxygen atoms in total. The molecule has 0 aromatic heterocycles. The van der Waals surface area contributed by atoms with Crippen LogP contribution in [0, 0.1) is 0 Å². The van der Waals surface area contributed by atoms with Gasteiger partial charge in [0.25, 0.3) is 0 Å². The molecule has 1 N–H and O–H groups in total. The van der Waals surface area contributed by atoms with E-state index in [1.807, 2.05) is 60.7 Å². The molecule has 0 saturated heterocycles. The number of hydrogen-bond donors (Lipinski definition) is 1. The maximum absolute atomic E-state index is 13.4. The summed E-state index contributed by atoms with van der Waals surface area (Å²) in [7, 11) is -2.29. The zero-order valence-corrected chi connectivity index (χ0v) is 22.1. The molecule has 196 valence electrons. The summed E-state index contributed by atoms with van der Waals surface area (Å²) in [6.07, 6.45) is 1.58. The van der Waals surface area contributed by atoms with Gasteiger partial charge in [-0.15, -0.1) is 0 Å². The van der Waals surface area contributed by atoms with Crippen LogP contribution in [0.15, 0.2) is 84.9 Å². The van der Waals surface area contributed by atoms with Crippen LogP contribution < -0.4 is 14.4 Å². The Balaban J connectivity index is 1.76. The Morgan fingerprint density at radius 3 is 2.00 bits per heavy atom. The molecule has 0 radical (unpaired) electrons. The summed E-state index contributed by atoms with van der Waals surface area (Å²) in [6, 6.07) is 25.1. The van der Waals surface area contributed by atoms with Crippen molar-refractivity contribution < 1.29 is 22.7 Å². The number of nitrogens with zero attached hydrogens (tertiary/aromatic N) is 2. The Labute approximate surface area is 218 Å². The van der Waals surface area contributed by atoms with E-state index in [1.54, 1.807) is 31.2 Å². The second kappa shape index (κ2) is 12.9. The predicted octanol–water partition coefficient (Wildman–Crippen LogP) is 3.24. The molecule has 3 aromatic rings. The number of sulfonamides is 1. The van der Waals surface area contributed by atoms with Crippen LogP contribution in [0.5, 0.6) is 5.75 Å². The highest BCUT2D eigenvalue weighted by atomic mass is 32.2. The molecule has 0 fully saturated rings. The van der Waals surface area contributed by atoms with Crippen molar-refractivity contribution in [1.82, 2.24) is 10.2 Å². The molecule has 0 saturated carbocycles. The van der Waals surface area contributed by atoms with E-state index in [1.165, 1.54) is 11.9 Å². The fourth-order valence-corrected chi connectivity index (χ4v) is 4.69. The van der Waals surface area contributed by atoms with Gasteiger partial charge >= 0.3 is 0 Å². The van der Waals surface area contributed by atoms with Crippen molar-refractivity contribution in [3.8, 4) is 5.75 Å². The third-order valence-electron chi connectivity index (χ3n) is 5.95. The summed E-state index contributed by atoms with van der Waals surface area (Å²) in [5.41, 5.74) is 2.35. The van der Waals surface area contributed by atoms with Crippen LogP contribution in [0.2, 0.25) is 0 Å². The fourth-order valence-electron chi connectivity index (χ4n) is 3.84. The number of ether oxygens (including phenoxy) is 1. The number of nitrogens with one attached hydrogen (secondary N) is 1. The van der Waals surface area contributed by atoms with Crippen molar-refractivity contribution in [3.63, 3.8) is 0 Å². The minimum absolute atomic E-state index is 0.265. The minimum Gasteiger partial charge on any atom is -0.489 e. The van der Waals surface area contributed by atoms with Gasteiger partial charge in [0.05, 0.1) is 11.9 Å². The molecule has 0 unspecified atom stereocenters. The first-order valence-corrected chi connectivity index (χ1v) is 13.8. The van der Waals surface area contributed by atoms with E-state index in [0.29, 0.717) is 24.5 Å². The van der Waals surface area contributed by atoms with Crippen molar-refractivity contribution in [1.29, 1.82) is 0 Å². The Morgan fingerprint density at radius 2 is 1.46 bits per heavy atom. The zero-order valence-electron chi connectivity index (χ0n) is 21.3. The zero-order chi connectivity index (χ0) is 26.8. The summed E-state index contributed by atoms with van der Waals surface area (Å²) < 4.78 is 32.2. The van der Waals surface area contributed by atoms with Crippen LogP contribution in [-0.4, -0.2) is 57.6 Å². The molecule has 3 aromatic carbocycles. The van der Waals surface area contributed by atoms with E-state index in [-0.39, 0.29) is 12.5 Å². The van der Waals surface area contributed by atoms with Gasteiger partial charge in [-0.25, -0.2) is 8.42 Å². The molecule has 0 aliphatic carbocycles. The Kier molecular flexibility index (Phi) is 9.68. The van der Waals surface area contributed by atoms with Crippen molar-refractivity contribution in [3.05, 3.63) is 96.1 Å². The van der Waals surface area contributed by atoms with Crippen LogP contribution >= 0.6 is 0 Å². The maximum atomic E-state index is 13.4. The van der Waals surface area contributed by atoms with Crippen molar-refractivity contribution in [2.24, 2.45) is 0 Å². The highest BCUT2D eigenvalue weighted by Crippen LogP contribution is 2.23. The van der Waals surface area contributed by atoms with Gasteiger partial charge in [0.1, 0.15) is 24.9 Å². The van der Waals surface area contributed by atoms with E-state index in [4.69, 9.17) is 4.74 Å². The van der Waals surface area contributed by atoms with Gasteiger partial charge < -0.3 is 15.0 Å². The topological polar surface area (TPSA) is 96.0 Å².